The van der Waals surface area contributed by atoms with Crippen LogP contribution in [0.25, 0.3) is 0 Å². The average Bonchev–Trinajstić information content (AvgIpc) is 2.94. The van der Waals surface area contributed by atoms with Crippen LogP contribution in [0.3, 0.4) is 0 Å². The van der Waals surface area contributed by atoms with Crippen LogP contribution in [0.4, 0.5) is 0 Å². The number of amides is 3. The first kappa shape index (κ1) is 14.0. The van der Waals surface area contributed by atoms with E-state index >= 15 is 0 Å². The van der Waals surface area contributed by atoms with Crippen molar-refractivity contribution in [2.24, 2.45) is 5.73 Å². The van der Waals surface area contributed by atoms with E-state index in [0.29, 0.717) is 18.5 Å². The predicted octanol–water partition coefficient (Wildman–Crippen LogP) is -0.107. The Labute approximate surface area is 116 Å². The summed E-state index contributed by atoms with van der Waals surface area (Å²) in [6.45, 7) is 0.338. The molecule has 1 aromatic carbocycles. The molecule has 0 radical (unpaired) electrons. The molecule has 1 saturated heterocycles. The number of rotatable bonds is 4. The Kier molecular flexibility index (Phi) is 4.34. The fraction of sp³-hybridized carbons (Fsp3) is 0.357. The molecule has 0 bridgehead atoms. The van der Waals surface area contributed by atoms with Crippen LogP contribution < -0.4 is 11.1 Å². The molecule has 0 aliphatic carbocycles. The van der Waals surface area contributed by atoms with Crippen molar-refractivity contribution in [1.29, 1.82) is 0 Å². The third kappa shape index (κ3) is 3.14. The lowest BCUT2D eigenvalue weighted by molar-refractivity contribution is -0.127. The second kappa shape index (κ2) is 6.18. The Morgan fingerprint density at radius 3 is 2.60 bits per heavy atom. The van der Waals surface area contributed by atoms with Crippen molar-refractivity contribution in [2.75, 3.05) is 13.1 Å². The Hall–Kier alpha value is -2.37. The summed E-state index contributed by atoms with van der Waals surface area (Å²) >= 11 is 0. The van der Waals surface area contributed by atoms with E-state index in [9.17, 15) is 14.4 Å². The molecule has 3 amide bonds. The lowest BCUT2D eigenvalue weighted by atomic mass is 10.1. The summed E-state index contributed by atoms with van der Waals surface area (Å²) < 4.78 is 0. The van der Waals surface area contributed by atoms with Gasteiger partial charge in [-0.15, -0.1) is 0 Å². The number of nitrogens with zero attached hydrogens (tertiary/aromatic N) is 1. The summed E-state index contributed by atoms with van der Waals surface area (Å²) in [5.74, 6) is -1.09. The number of hydrogen-bond acceptors (Lipinski definition) is 3. The largest absolute Gasteiger partial charge is 0.368 e. The molecule has 3 N–H and O–H groups in total. The maximum atomic E-state index is 12.4. The number of primary amides is 1. The van der Waals surface area contributed by atoms with Gasteiger partial charge in [0.25, 0.3) is 5.91 Å². The van der Waals surface area contributed by atoms with Gasteiger partial charge in [-0.3, -0.25) is 14.4 Å². The Bertz CT molecular complexity index is 516. The van der Waals surface area contributed by atoms with E-state index in [0.717, 1.165) is 6.42 Å². The van der Waals surface area contributed by atoms with Crippen LogP contribution in [0.1, 0.15) is 23.2 Å². The second-order valence-electron chi connectivity index (χ2n) is 4.71. The molecule has 106 valence electrons. The molecule has 0 aromatic heterocycles. The van der Waals surface area contributed by atoms with Crippen LogP contribution >= 0.6 is 0 Å². The minimum atomic E-state index is -0.600. The van der Waals surface area contributed by atoms with Gasteiger partial charge in [-0.25, -0.2) is 0 Å². The molecule has 6 heteroatoms. The number of carbonyl (C=O) groups is 3. The minimum absolute atomic E-state index is 0.165. The summed E-state index contributed by atoms with van der Waals surface area (Å²) in [5.41, 5.74) is 5.55. The molecule has 2 rings (SSSR count). The molecule has 1 aromatic rings. The second-order valence-corrected chi connectivity index (χ2v) is 4.71. The Morgan fingerprint density at radius 2 is 1.95 bits per heavy atom. The number of likely N-dealkylation sites (tertiary alicyclic amines) is 1. The monoisotopic (exact) mass is 275 g/mol. The molecule has 1 atom stereocenters. The predicted molar refractivity (Wildman–Crippen MR) is 72.7 cm³/mol. The van der Waals surface area contributed by atoms with E-state index in [-0.39, 0.29) is 18.4 Å². The van der Waals surface area contributed by atoms with E-state index in [1.54, 1.807) is 29.2 Å². The van der Waals surface area contributed by atoms with Crippen molar-refractivity contribution in [3.63, 3.8) is 0 Å². The van der Waals surface area contributed by atoms with Crippen molar-refractivity contribution < 1.29 is 14.4 Å². The molecule has 0 unspecified atom stereocenters. The topological polar surface area (TPSA) is 92.5 Å². The van der Waals surface area contributed by atoms with E-state index in [1.807, 2.05) is 6.07 Å². The van der Waals surface area contributed by atoms with Gasteiger partial charge in [-0.1, -0.05) is 18.2 Å². The number of hydrogen-bond donors (Lipinski definition) is 2. The van der Waals surface area contributed by atoms with Crippen molar-refractivity contribution in [2.45, 2.75) is 18.9 Å². The maximum Gasteiger partial charge on any atom is 0.254 e. The Balaban J connectivity index is 2.05. The zero-order valence-electron chi connectivity index (χ0n) is 11.0. The third-order valence-corrected chi connectivity index (χ3v) is 3.27. The highest BCUT2D eigenvalue weighted by Crippen LogP contribution is 2.20. The minimum Gasteiger partial charge on any atom is -0.368 e. The zero-order chi connectivity index (χ0) is 14.5. The summed E-state index contributed by atoms with van der Waals surface area (Å²) in [6.07, 6.45) is 1.37. The molecule has 20 heavy (non-hydrogen) atoms. The first-order valence-electron chi connectivity index (χ1n) is 6.51. The van der Waals surface area contributed by atoms with Crippen LogP contribution in [0.5, 0.6) is 0 Å². The van der Waals surface area contributed by atoms with Crippen LogP contribution in [-0.4, -0.2) is 41.8 Å². The highest BCUT2D eigenvalue weighted by atomic mass is 16.2. The summed E-state index contributed by atoms with van der Waals surface area (Å²) in [6, 6.07) is 8.31. The molecule has 6 nitrogen and oxygen atoms in total. The molecule has 0 spiro atoms. The van der Waals surface area contributed by atoms with E-state index in [4.69, 9.17) is 5.73 Å². The van der Waals surface area contributed by atoms with Gasteiger partial charge in [0.05, 0.1) is 6.54 Å². The van der Waals surface area contributed by atoms with Gasteiger partial charge in [0.15, 0.2) is 0 Å². The molecule has 1 fully saturated rings. The van der Waals surface area contributed by atoms with Gasteiger partial charge in [0.2, 0.25) is 11.8 Å². The van der Waals surface area contributed by atoms with E-state index in [2.05, 4.69) is 5.32 Å². The smallest absolute Gasteiger partial charge is 0.254 e. The molecule has 0 saturated carbocycles. The number of nitrogens with two attached hydrogens (primary N) is 1. The van der Waals surface area contributed by atoms with Gasteiger partial charge in [-0.2, -0.15) is 0 Å². The van der Waals surface area contributed by atoms with Crippen LogP contribution in [0.2, 0.25) is 0 Å². The summed E-state index contributed by atoms with van der Waals surface area (Å²) in [4.78, 5) is 36.6. The van der Waals surface area contributed by atoms with Crippen molar-refractivity contribution in [3.8, 4) is 0 Å². The lowest BCUT2D eigenvalue weighted by Crippen LogP contribution is -2.47. The zero-order valence-corrected chi connectivity index (χ0v) is 11.0. The highest BCUT2D eigenvalue weighted by Gasteiger charge is 2.34. The molecule has 1 aliphatic heterocycles. The van der Waals surface area contributed by atoms with E-state index < -0.39 is 11.9 Å². The molecule has 1 aliphatic rings. The first-order chi connectivity index (χ1) is 9.59. The Morgan fingerprint density at radius 1 is 1.25 bits per heavy atom. The van der Waals surface area contributed by atoms with Gasteiger partial charge in [-0.05, 0) is 25.0 Å². The van der Waals surface area contributed by atoms with Crippen LogP contribution in [0.15, 0.2) is 30.3 Å². The third-order valence-electron chi connectivity index (χ3n) is 3.27. The molecular formula is C14H17N3O3. The first-order valence-corrected chi connectivity index (χ1v) is 6.51. The summed E-state index contributed by atoms with van der Waals surface area (Å²) in [7, 11) is 0. The van der Waals surface area contributed by atoms with Gasteiger partial charge in [0, 0.05) is 12.1 Å². The molecular weight excluding hydrogens is 258 g/mol. The lowest BCUT2D eigenvalue weighted by Gasteiger charge is -2.23. The number of nitrogens with one attached hydrogen (secondary N) is 1. The number of carbonyl (C=O) groups excluding carboxylic acids is 3. The van der Waals surface area contributed by atoms with Gasteiger partial charge in [0.1, 0.15) is 6.04 Å². The maximum absolute atomic E-state index is 12.4. The molecule has 1 heterocycles. The van der Waals surface area contributed by atoms with Gasteiger partial charge >= 0.3 is 0 Å². The fourth-order valence-electron chi connectivity index (χ4n) is 2.32. The quantitative estimate of drug-likeness (QED) is 0.803. The average molecular weight is 275 g/mol. The normalized spacial score (nSPS) is 17.8. The van der Waals surface area contributed by atoms with Crippen molar-refractivity contribution in [1.82, 2.24) is 10.2 Å². The van der Waals surface area contributed by atoms with Gasteiger partial charge < -0.3 is 16.0 Å². The van der Waals surface area contributed by atoms with Crippen molar-refractivity contribution >= 4 is 17.7 Å². The number of benzene rings is 1. The fourth-order valence-corrected chi connectivity index (χ4v) is 2.32. The van der Waals surface area contributed by atoms with Crippen molar-refractivity contribution in [3.05, 3.63) is 35.9 Å². The van der Waals surface area contributed by atoms with Crippen LogP contribution in [-0.2, 0) is 9.59 Å². The van der Waals surface area contributed by atoms with E-state index in [1.165, 1.54) is 0 Å². The van der Waals surface area contributed by atoms with Crippen LogP contribution in [0, 0.1) is 0 Å². The standard InChI is InChI=1S/C14H17N3O3/c15-12(18)9-16-13(19)11-7-4-8-17(11)14(20)10-5-2-1-3-6-10/h1-3,5-6,11H,4,7-9H2,(H2,15,18)(H,16,19)/t11-/m0/s1. The SMILES string of the molecule is NC(=O)CNC(=O)[C@@H]1CCCN1C(=O)c1ccccc1. The highest BCUT2D eigenvalue weighted by molar-refractivity contribution is 5.98. The summed E-state index contributed by atoms with van der Waals surface area (Å²) in [5, 5.41) is 2.45.